The molecule has 2 aromatic rings. The lowest BCUT2D eigenvalue weighted by Gasteiger charge is -2.11. The third-order valence-electron chi connectivity index (χ3n) is 3.40. The number of amides is 1. The van der Waals surface area contributed by atoms with Gasteiger partial charge in [0.1, 0.15) is 6.54 Å². The van der Waals surface area contributed by atoms with E-state index in [2.05, 4.69) is 4.72 Å². The molecular weight excluding hydrogens is 385 g/mol. The fraction of sp³-hybridized carbons (Fsp3) is 0.176. The molecule has 0 aromatic heterocycles. The summed E-state index contributed by atoms with van der Waals surface area (Å²) in [5.41, 5.74) is 0.363. The van der Waals surface area contributed by atoms with Gasteiger partial charge in [0, 0.05) is 16.8 Å². The average Bonchev–Trinajstić information content (AvgIpc) is 2.59. The minimum atomic E-state index is -4.58. The van der Waals surface area contributed by atoms with E-state index in [4.69, 9.17) is 0 Å². The monoisotopic (exact) mass is 400 g/mol. The molecule has 144 valence electrons. The van der Waals surface area contributed by atoms with E-state index in [9.17, 15) is 31.2 Å². The number of carbonyl (C=O) groups is 2. The van der Waals surface area contributed by atoms with Crippen LogP contribution in [0, 0.1) is 0 Å². The highest BCUT2D eigenvalue weighted by atomic mass is 32.2. The van der Waals surface area contributed by atoms with Gasteiger partial charge in [-0.1, -0.05) is 6.07 Å². The average molecular weight is 400 g/mol. The molecule has 1 amide bonds. The Labute approximate surface area is 153 Å². The number of Topliss-reactive ketones (excluding diaryl/α,β-unsaturated/α-hetero) is 1. The lowest BCUT2D eigenvalue weighted by Crippen LogP contribution is -2.33. The van der Waals surface area contributed by atoms with Gasteiger partial charge in [-0.2, -0.15) is 13.2 Å². The SMILES string of the molecule is CC(=O)c1ccc(NS(=O)(=O)c2cccc(C(=O)NCC(F)(F)F)c2)cc1. The zero-order valence-electron chi connectivity index (χ0n) is 14.0. The Balaban J connectivity index is 2.18. The van der Waals surface area contributed by atoms with Crippen LogP contribution in [0.3, 0.4) is 0 Å². The second-order valence-corrected chi connectivity index (χ2v) is 7.25. The molecule has 0 saturated heterocycles. The van der Waals surface area contributed by atoms with Crippen molar-refractivity contribution in [1.29, 1.82) is 0 Å². The van der Waals surface area contributed by atoms with Gasteiger partial charge in [0.2, 0.25) is 0 Å². The lowest BCUT2D eigenvalue weighted by molar-refractivity contribution is -0.123. The van der Waals surface area contributed by atoms with E-state index in [-0.39, 0.29) is 21.9 Å². The first-order chi connectivity index (χ1) is 12.5. The molecule has 2 rings (SSSR count). The van der Waals surface area contributed by atoms with Gasteiger partial charge in [0.15, 0.2) is 5.78 Å². The van der Waals surface area contributed by atoms with Crippen molar-refractivity contribution >= 4 is 27.4 Å². The summed E-state index contributed by atoms with van der Waals surface area (Å²) in [7, 11) is -4.08. The number of hydrogen-bond donors (Lipinski definition) is 2. The van der Waals surface area contributed by atoms with Crippen LogP contribution in [-0.4, -0.2) is 32.8 Å². The number of benzene rings is 2. The fourth-order valence-corrected chi connectivity index (χ4v) is 3.18. The second kappa shape index (κ2) is 7.78. The zero-order chi connectivity index (χ0) is 20.2. The summed E-state index contributed by atoms with van der Waals surface area (Å²) in [6.45, 7) is -0.155. The van der Waals surface area contributed by atoms with Crippen molar-refractivity contribution in [3.8, 4) is 0 Å². The maximum Gasteiger partial charge on any atom is 0.405 e. The number of anilines is 1. The van der Waals surface area contributed by atoms with E-state index < -0.39 is 28.7 Å². The summed E-state index contributed by atoms with van der Waals surface area (Å²) < 4.78 is 63.7. The predicted molar refractivity (Wildman–Crippen MR) is 92.1 cm³/mol. The van der Waals surface area contributed by atoms with Gasteiger partial charge in [-0.3, -0.25) is 14.3 Å². The molecule has 0 aliphatic heterocycles. The molecule has 0 fully saturated rings. The van der Waals surface area contributed by atoms with Crippen molar-refractivity contribution in [2.75, 3.05) is 11.3 Å². The molecule has 0 spiro atoms. The third-order valence-corrected chi connectivity index (χ3v) is 4.78. The first kappa shape index (κ1) is 20.4. The maximum absolute atomic E-state index is 12.4. The first-order valence-corrected chi connectivity index (χ1v) is 9.05. The quantitative estimate of drug-likeness (QED) is 0.730. The van der Waals surface area contributed by atoms with Gasteiger partial charge < -0.3 is 5.32 Å². The molecule has 0 unspecified atom stereocenters. The molecule has 6 nitrogen and oxygen atoms in total. The summed E-state index contributed by atoms with van der Waals surface area (Å²) in [5, 5.41) is 1.67. The number of sulfonamides is 1. The Morgan fingerprint density at radius 2 is 1.63 bits per heavy atom. The van der Waals surface area contributed by atoms with Crippen molar-refractivity contribution in [3.05, 3.63) is 59.7 Å². The van der Waals surface area contributed by atoms with E-state index in [1.165, 1.54) is 49.4 Å². The summed E-state index contributed by atoms with van der Waals surface area (Å²) in [5.74, 6) is -1.22. The van der Waals surface area contributed by atoms with Crippen LogP contribution >= 0.6 is 0 Å². The highest BCUT2D eigenvalue weighted by Gasteiger charge is 2.28. The first-order valence-electron chi connectivity index (χ1n) is 7.57. The normalized spacial score (nSPS) is 11.7. The highest BCUT2D eigenvalue weighted by molar-refractivity contribution is 7.92. The largest absolute Gasteiger partial charge is 0.405 e. The fourth-order valence-electron chi connectivity index (χ4n) is 2.07. The molecule has 2 N–H and O–H groups in total. The molecule has 0 bridgehead atoms. The minimum absolute atomic E-state index is 0.179. The molecule has 0 heterocycles. The van der Waals surface area contributed by atoms with Crippen LogP contribution in [0.4, 0.5) is 18.9 Å². The van der Waals surface area contributed by atoms with Gasteiger partial charge in [-0.25, -0.2) is 8.42 Å². The van der Waals surface area contributed by atoms with Crippen molar-refractivity contribution in [2.45, 2.75) is 18.0 Å². The van der Waals surface area contributed by atoms with Crippen LogP contribution in [0.25, 0.3) is 0 Å². The molecular formula is C17H15F3N2O4S. The van der Waals surface area contributed by atoms with E-state index in [1.807, 2.05) is 0 Å². The number of nitrogens with one attached hydrogen (secondary N) is 2. The van der Waals surface area contributed by atoms with Crippen molar-refractivity contribution < 1.29 is 31.2 Å². The molecule has 0 aliphatic rings. The van der Waals surface area contributed by atoms with Gasteiger partial charge in [-0.05, 0) is 49.4 Å². The highest BCUT2D eigenvalue weighted by Crippen LogP contribution is 2.18. The Morgan fingerprint density at radius 3 is 2.19 bits per heavy atom. The van der Waals surface area contributed by atoms with Gasteiger partial charge in [-0.15, -0.1) is 0 Å². The summed E-state index contributed by atoms with van der Waals surface area (Å²) in [6.07, 6.45) is -4.58. The third kappa shape index (κ3) is 5.81. The van der Waals surface area contributed by atoms with Crippen LogP contribution < -0.4 is 10.0 Å². The van der Waals surface area contributed by atoms with E-state index in [0.29, 0.717) is 5.56 Å². The van der Waals surface area contributed by atoms with Crippen LogP contribution in [-0.2, 0) is 10.0 Å². The minimum Gasteiger partial charge on any atom is -0.343 e. The number of hydrogen-bond acceptors (Lipinski definition) is 4. The van der Waals surface area contributed by atoms with Crippen molar-refractivity contribution in [1.82, 2.24) is 5.32 Å². The summed E-state index contributed by atoms with van der Waals surface area (Å²) in [4.78, 5) is 22.7. The van der Waals surface area contributed by atoms with Crippen molar-refractivity contribution in [2.24, 2.45) is 0 Å². The Morgan fingerprint density at radius 1 is 1.00 bits per heavy atom. The molecule has 0 atom stereocenters. The molecule has 0 saturated carbocycles. The van der Waals surface area contributed by atoms with Gasteiger partial charge in [0.25, 0.3) is 15.9 Å². The number of alkyl halides is 3. The number of carbonyl (C=O) groups excluding carboxylic acids is 2. The second-order valence-electron chi connectivity index (χ2n) is 5.56. The van der Waals surface area contributed by atoms with E-state index in [1.54, 1.807) is 5.32 Å². The molecule has 27 heavy (non-hydrogen) atoms. The smallest absolute Gasteiger partial charge is 0.343 e. The standard InChI is InChI=1S/C17H15F3N2O4S/c1-11(23)12-5-7-14(8-6-12)22-27(25,26)15-4-2-3-13(9-15)16(24)21-10-17(18,19)20/h2-9,22H,10H2,1H3,(H,21,24). The predicted octanol–water partition coefficient (Wildman–Crippen LogP) is 2.98. The van der Waals surface area contributed by atoms with Gasteiger partial charge >= 0.3 is 6.18 Å². The van der Waals surface area contributed by atoms with Crippen LogP contribution in [0.15, 0.2) is 53.4 Å². The van der Waals surface area contributed by atoms with E-state index >= 15 is 0 Å². The lowest BCUT2D eigenvalue weighted by atomic mass is 10.1. The summed E-state index contributed by atoms with van der Waals surface area (Å²) >= 11 is 0. The summed E-state index contributed by atoms with van der Waals surface area (Å²) in [6, 6.07) is 10.3. The molecule has 10 heteroatoms. The number of rotatable bonds is 6. The van der Waals surface area contributed by atoms with Crippen LogP contribution in [0.1, 0.15) is 27.6 Å². The molecule has 0 radical (unpaired) electrons. The maximum atomic E-state index is 12.4. The molecule has 2 aromatic carbocycles. The Hall–Kier alpha value is -2.88. The topological polar surface area (TPSA) is 92.3 Å². The molecule has 0 aliphatic carbocycles. The Bertz CT molecular complexity index is 955. The van der Waals surface area contributed by atoms with Crippen molar-refractivity contribution in [3.63, 3.8) is 0 Å². The zero-order valence-corrected chi connectivity index (χ0v) is 14.8. The number of ketones is 1. The van der Waals surface area contributed by atoms with Gasteiger partial charge in [0.05, 0.1) is 4.90 Å². The van der Waals surface area contributed by atoms with E-state index in [0.717, 1.165) is 6.07 Å². The van der Waals surface area contributed by atoms with Crippen LogP contribution in [0.5, 0.6) is 0 Å². The Kier molecular flexibility index (Phi) is 5.89. The number of halogens is 3. The van der Waals surface area contributed by atoms with Crippen LogP contribution in [0.2, 0.25) is 0 Å².